The Kier molecular flexibility index (Phi) is 4.87. The lowest BCUT2D eigenvalue weighted by atomic mass is 9.88. The molecule has 2 saturated carbocycles. The molecule has 0 amide bonds. The zero-order valence-corrected chi connectivity index (χ0v) is 11.7. The topological polar surface area (TPSA) is 29.3 Å². The molecule has 2 aliphatic rings. The Hall–Kier alpha value is -0.0800. The fraction of sp³-hybridized carbons (Fsp3) is 1.00. The SMILES string of the molecule is CCC(N)CCCN(C)CC1CC2CCC1C2. The van der Waals surface area contributed by atoms with Crippen LogP contribution in [0.25, 0.3) is 0 Å². The van der Waals surface area contributed by atoms with Crippen molar-refractivity contribution in [3.63, 3.8) is 0 Å². The summed E-state index contributed by atoms with van der Waals surface area (Å²) in [5, 5.41) is 0. The lowest BCUT2D eigenvalue weighted by Gasteiger charge is -2.27. The monoisotopic (exact) mass is 238 g/mol. The third kappa shape index (κ3) is 3.69. The molecule has 0 heterocycles. The van der Waals surface area contributed by atoms with Crippen molar-refractivity contribution < 1.29 is 0 Å². The van der Waals surface area contributed by atoms with E-state index in [1.165, 1.54) is 45.2 Å². The molecular formula is C15H30N2. The van der Waals surface area contributed by atoms with Crippen molar-refractivity contribution in [2.24, 2.45) is 23.5 Å². The summed E-state index contributed by atoms with van der Waals surface area (Å²) in [4.78, 5) is 2.55. The maximum Gasteiger partial charge on any atom is 0.00366 e. The van der Waals surface area contributed by atoms with Crippen molar-refractivity contribution >= 4 is 0 Å². The maximum absolute atomic E-state index is 5.95. The summed E-state index contributed by atoms with van der Waals surface area (Å²) in [5.41, 5.74) is 5.95. The van der Waals surface area contributed by atoms with E-state index >= 15 is 0 Å². The molecule has 2 rings (SSSR count). The zero-order valence-electron chi connectivity index (χ0n) is 11.7. The van der Waals surface area contributed by atoms with Crippen molar-refractivity contribution in [2.75, 3.05) is 20.1 Å². The van der Waals surface area contributed by atoms with Gasteiger partial charge in [-0.25, -0.2) is 0 Å². The van der Waals surface area contributed by atoms with Gasteiger partial charge in [0.1, 0.15) is 0 Å². The Bertz CT molecular complexity index is 229. The second kappa shape index (κ2) is 6.19. The molecule has 0 radical (unpaired) electrons. The number of rotatable bonds is 7. The Morgan fingerprint density at radius 1 is 1.29 bits per heavy atom. The van der Waals surface area contributed by atoms with Crippen LogP contribution in [0.4, 0.5) is 0 Å². The second-order valence-corrected chi connectivity index (χ2v) is 6.51. The van der Waals surface area contributed by atoms with Crippen LogP contribution in [0.1, 0.15) is 51.9 Å². The minimum absolute atomic E-state index is 0.422. The van der Waals surface area contributed by atoms with Gasteiger partial charge in [-0.3, -0.25) is 0 Å². The zero-order chi connectivity index (χ0) is 12.3. The van der Waals surface area contributed by atoms with E-state index in [1.807, 2.05) is 0 Å². The molecule has 100 valence electrons. The van der Waals surface area contributed by atoms with E-state index < -0.39 is 0 Å². The third-order valence-electron chi connectivity index (χ3n) is 5.07. The molecule has 2 bridgehead atoms. The standard InChI is InChI=1S/C15H30N2/c1-3-15(16)5-4-8-17(2)11-14-10-12-6-7-13(14)9-12/h12-15H,3-11,16H2,1-2H3. The Morgan fingerprint density at radius 2 is 2.12 bits per heavy atom. The van der Waals surface area contributed by atoms with Crippen LogP contribution >= 0.6 is 0 Å². The first-order valence-electron chi connectivity index (χ1n) is 7.63. The molecule has 2 nitrogen and oxygen atoms in total. The average Bonchev–Trinajstić information content (AvgIpc) is 2.90. The average molecular weight is 238 g/mol. The van der Waals surface area contributed by atoms with Crippen molar-refractivity contribution in [3.8, 4) is 0 Å². The quantitative estimate of drug-likeness (QED) is 0.739. The molecule has 0 aromatic rings. The predicted octanol–water partition coefficient (Wildman–Crippen LogP) is 2.87. The van der Waals surface area contributed by atoms with Crippen molar-refractivity contribution in [2.45, 2.75) is 57.9 Å². The summed E-state index contributed by atoms with van der Waals surface area (Å²) in [5.74, 6) is 3.17. The first-order valence-corrected chi connectivity index (χ1v) is 7.63. The lowest BCUT2D eigenvalue weighted by molar-refractivity contribution is 0.216. The van der Waals surface area contributed by atoms with E-state index in [1.54, 1.807) is 6.42 Å². The summed E-state index contributed by atoms with van der Waals surface area (Å²) in [7, 11) is 2.30. The molecule has 4 unspecified atom stereocenters. The third-order valence-corrected chi connectivity index (χ3v) is 5.07. The molecule has 2 aliphatic carbocycles. The second-order valence-electron chi connectivity index (χ2n) is 6.51. The normalized spacial score (nSPS) is 33.5. The molecule has 0 saturated heterocycles. The van der Waals surface area contributed by atoms with Gasteiger partial charge < -0.3 is 10.6 Å². The summed E-state index contributed by atoms with van der Waals surface area (Å²) in [6.45, 7) is 4.76. The highest BCUT2D eigenvalue weighted by atomic mass is 15.1. The fourth-order valence-corrected chi connectivity index (χ4v) is 3.92. The molecule has 17 heavy (non-hydrogen) atoms. The van der Waals surface area contributed by atoms with Crippen LogP contribution < -0.4 is 5.73 Å². The number of hydrogen-bond acceptors (Lipinski definition) is 2. The fourth-order valence-electron chi connectivity index (χ4n) is 3.92. The number of nitrogens with zero attached hydrogens (tertiary/aromatic N) is 1. The molecular weight excluding hydrogens is 208 g/mol. The van der Waals surface area contributed by atoms with Crippen LogP contribution in [-0.4, -0.2) is 31.1 Å². The minimum Gasteiger partial charge on any atom is -0.328 e. The van der Waals surface area contributed by atoms with E-state index in [0.29, 0.717) is 6.04 Å². The summed E-state index contributed by atoms with van der Waals surface area (Å²) >= 11 is 0. The van der Waals surface area contributed by atoms with Gasteiger partial charge in [0, 0.05) is 12.6 Å². The molecule has 2 N–H and O–H groups in total. The van der Waals surface area contributed by atoms with E-state index in [2.05, 4.69) is 18.9 Å². The maximum atomic E-state index is 5.95. The van der Waals surface area contributed by atoms with Gasteiger partial charge in [0.05, 0.1) is 0 Å². The van der Waals surface area contributed by atoms with Crippen LogP contribution in [0, 0.1) is 17.8 Å². The van der Waals surface area contributed by atoms with Gasteiger partial charge in [0.2, 0.25) is 0 Å². The highest BCUT2D eigenvalue weighted by molar-refractivity contribution is 4.90. The predicted molar refractivity (Wildman–Crippen MR) is 73.9 cm³/mol. The molecule has 0 aromatic carbocycles. The van der Waals surface area contributed by atoms with Crippen molar-refractivity contribution in [1.29, 1.82) is 0 Å². The Labute approximate surface area is 107 Å². The van der Waals surface area contributed by atoms with E-state index in [0.717, 1.165) is 24.2 Å². The molecule has 4 atom stereocenters. The van der Waals surface area contributed by atoms with Gasteiger partial charge in [-0.05, 0) is 69.9 Å². The van der Waals surface area contributed by atoms with E-state index in [9.17, 15) is 0 Å². The first-order chi connectivity index (χ1) is 8.19. The van der Waals surface area contributed by atoms with Gasteiger partial charge in [0.15, 0.2) is 0 Å². The van der Waals surface area contributed by atoms with E-state index in [4.69, 9.17) is 5.73 Å². The number of fused-ring (bicyclic) bond motifs is 2. The summed E-state index contributed by atoms with van der Waals surface area (Å²) in [6, 6.07) is 0.422. The largest absolute Gasteiger partial charge is 0.328 e. The minimum atomic E-state index is 0.422. The number of nitrogens with two attached hydrogens (primary N) is 1. The van der Waals surface area contributed by atoms with Gasteiger partial charge >= 0.3 is 0 Å². The smallest absolute Gasteiger partial charge is 0.00366 e. The summed E-state index contributed by atoms with van der Waals surface area (Å²) < 4.78 is 0. The molecule has 0 aromatic heterocycles. The van der Waals surface area contributed by atoms with Crippen LogP contribution in [0.2, 0.25) is 0 Å². The van der Waals surface area contributed by atoms with Gasteiger partial charge in [-0.15, -0.1) is 0 Å². The van der Waals surface area contributed by atoms with Crippen LogP contribution in [0.3, 0.4) is 0 Å². The van der Waals surface area contributed by atoms with E-state index in [-0.39, 0.29) is 0 Å². The van der Waals surface area contributed by atoms with Crippen molar-refractivity contribution in [1.82, 2.24) is 4.90 Å². The molecule has 0 aliphatic heterocycles. The number of hydrogen-bond donors (Lipinski definition) is 1. The lowest BCUT2D eigenvalue weighted by Crippen LogP contribution is -2.30. The first kappa shape index (κ1) is 13.4. The van der Waals surface area contributed by atoms with Crippen LogP contribution in [0.15, 0.2) is 0 Å². The Morgan fingerprint density at radius 3 is 2.71 bits per heavy atom. The van der Waals surface area contributed by atoms with Crippen LogP contribution in [-0.2, 0) is 0 Å². The molecule has 2 heteroatoms. The van der Waals surface area contributed by atoms with Gasteiger partial charge in [0.25, 0.3) is 0 Å². The van der Waals surface area contributed by atoms with Gasteiger partial charge in [-0.2, -0.15) is 0 Å². The van der Waals surface area contributed by atoms with Gasteiger partial charge in [-0.1, -0.05) is 13.3 Å². The summed E-state index contributed by atoms with van der Waals surface area (Å²) in [6.07, 6.45) is 9.68. The molecule has 2 fully saturated rings. The van der Waals surface area contributed by atoms with Crippen molar-refractivity contribution in [3.05, 3.63) is 0 Å². The highest BCUT2D eigenvalue weighted by Gasteiger charge is 2.39. The Balaban J connectivity index is 1.59. The van der Waals surface area contributed by atoms with Crippen LogP contribution in [0.5, 0.6) is 0 Å². The highest BCUT2D eigenvalue weighted by Crippen LogP contribution is 2.48. The molecule has 0 spiro atoms.